The summed E-state index contributed by atoms with van der Waals surface area (Å²) in [6.45, 7) is 14.5. The van der Waals surface area contributed by atoms with Gasteiger partial charge < -0.3 is 36.7 Å². The zero-order chi connectivity index (χ0) is 36.0. The van der Waals surface area contributed by atoms with Crippen molar-refractivity contribution in [3.63, 3.8) is 0 Å². The molecule has 2 aromatic carbocycles. The minimum absolute atomic E-state index is 0. The number of carbonyl (C=O) groups excluding carboxylic acids is 2. The molecule has 2 aromatic heterocycles. The third kappa shape index (κ3) is 18.3. The van der Waals surface area contributed by atoms with E-state index in [1.165, 1.54) is 36.4 Å². The minimum Gasteiger partial charge on any atom is -0.439 e. The van der Waals surface area contributed by atoms with E-state index in [1.54, 1.807) is 31.2 Å². The molecule has 7 N–H and O–H groups in total. The molecule has 2 amide bonds. The Kier molecular flexibility index (Phi) is 21.4. The van der Waals surface area contributed by atoms with Crippen molar-refractivity contribution < 1.29 is 24.2 Å². The van der Waals surface area contributed by atoms with Gasteiger partial charge in [0.05, 0.1) is 11.1 Å². The van der Waals surface area contributed by atoms with Gasteiger partial charge in [0.1, 0.15) is 11.5 Å². The first-order valence-electron chi connectivity index (χ1n) is 16.6. The Bertz CT molecular complexity index is 1390. The van der Waals surface area contributed by atoms with E-state index in [2.05, 4.69) is 48.3 Å². The zero-order valence-electron chi connectivity index (χ0n) is 29.7. The van der Waals surface area contributed by atoms with Crippen LogP contribution >= 0.6 is 12.4 Å². The monoisotopic (exact) mass is 708 g/mol. The van der Waals surface area contributed by atoms with Crippen molar-refractivity contribution in [1.82, 2.24) is 20.6 Å². The van der Waals surface area contributed by atoms with Crippen molar-refractivity contribution >= 4 is 24.2 Å². The van der Waals surface area contributed by atoms with Crippen molar-refractivity contribution in [2.45, 2.75) is 60.5 Å². The highest BCUT2D eigenvalue weighted by atomic mass is 35.5. The molecular weight excluding hydrogens is 656 g/mol. The fraction of sp³-hybridized carbons (Fsp3) is 0.368. The molecule has 12 heteroatoms. The van der Waals surface area contributed by atoms with Crippen LogP contribution in [0.2, 0.25) is 0 Å². The van der Waals surface area contributed by atoms with Crippen LogP contribution in [0.25, 0.3) is 0 Å². The van der Waals surface area contributed by atoms with Gasteiger partial charge in [-0.15, -0.1) is 12.4 Å². The number of nitrogens with zero attached hydrogens (tertiary/aromatic N) is 2. The van der Waals surface area contributed by atoms with Crippen LogP contribution in [-0.4, -0.2) is 46.6 Å². The summed E-state index contributed by atoms with van der Waals surface area (Å²) in [6.07, 6.45) is 5.16. The summed E-state index contributed by atoms with van der Waals surface area (Å²) in [5.41, 5.74) is 13.5. The molecule has 4 aromatic rings. The standard InChI is InChI=1S/2C18H23N3O2.C2H6O.ClH/c2*1-13(2)9-10-20-11-14-3-6-16(7-4-14)23-17-8-5-15(12-21-17)18(19)22;1-2-3;/h2*3-8,12-13,20H,9-11H2,1-2H3,(H2,19,22);3H,2H2,1H3;1H. The van der Waals surface area contributed by atoms with Crippen LogP contribution in [0.3, 0.4) is 0 Å². The summed E-state index contributed by atoms with van der Waals surface area (Å²) in [5.74, 6) is 2.69. The molecule has 0 aliphatic carbocycles. The first-order chi connectivity index (χ1) is 23.5. The second-order valence-corrected chi connectivity index (χ2v) is 12.0. The number of hydrogen-bond acceptors (Lipinski definition) is 9. The Morgan fingerprint density at radius 3 is 1.26 bits per heavy atom. The molecule has 0 spiro atoms. The Hall–Kier alpha value is -4.55. The maximum absolute atomic E-state index is 11.0. The second kappa shape index (κ2) is 24.6. The van der Waals surface area contributed by atoms with Crippen LogP contribution in [0.5, 0.6) is 23.3 Å². The van der Waals surface area contributed by atoms with Crippen LogP contribution < -0.4 is 31.6 Å². The third-order valence-corrected chi connectivity index (χ3v) is 6.79. The van der Waals surface area contributed by atoms with Crippen molar-refractivity contribution in [1.29, 1.82) is 0 Å². The molecule has 11 nitrogen and oxygen atoms in total. The number of aromatic nitrogens is 2. The topological polar surface area (TPSA) is 175 Å². The molecule has 0 aliphatic heterocycles. The molecule has 0 atom stereocenters. The van der Waals surface area contributed by atoms with E-state index in [1.807, 2.05) is 48.5 Å². The summed E-state index contributed by atoms with van der Waals surface area (Å²) in [5, 5.41) is 14.4. The van der Waals surface area contributed by atoms with Crippen molar-refractivity contribution in [3.8, 4) is 23.3 Å². The van der Waals surface area contributed by atoms with Crippen LogP contribution in [0.1, 0.15) is 79.3 Å². The van der Waals surface area contributed by atoms with Gasteiger partial charge in [-0.2, -0.15) is 0 Å². The predicted octanol–water partition coefficient (Wildman–Crippen LogP) is 6.64. The Balaban J connectivity index is 0.000000455. The van der Waals surface area contributed by atoms with Crippen molar-refractivity contribution in [3.05, 3.63) is 107 Å². The maximum Gasteiger partial charge on any atom is 0.250 e. The fourth-order valence-corrected chi connectivity index (χ4v) is 4.01. The van der Waals surface area contributed by atoms with Gasteiger partial charge in [-0.3, -0.25) is 9.59 Å². The zero-order valence-corrected chi connectivity index (χ0v) is 30.5. The number of primary amides is 2. The molecule has 50 heavy (non-hydrogen) atoms. The number of aliphatic hydroxyl groups is 1. The lowest BCUT2D eigenvalue weighted by Gasteiger charge is -2.08. The molecule has 0 bridgehead atoms. The number of carbonyl (C=O) groups is 2. The average Bonchev–Trinajstić information content (AvgIpc) is 3.07. The van der Waals surface area contributed by atoms with E-state index in [0.29, 0.717) is 46.2 Å². The fourth-order valence-electron chi connectivity index (χ4n) is 4.01. The number of nitrogens with one attached hydrogen (secondary N) is 2. The summed E-state index contributed by atoms with van der Waals surface area (Å²) >= 11 is 0. The number of benzene rings is 2. The predicted molar refractivity (Wildman–Crippen MR) is 201 cm³/mol. The van der Waals surface area contributed by atoms with Gasteiger partial charge in [0.2, 0.25) is 23.6 Å². The Labute approximate surface area is 302 Å². The number of aliphatic hydroxyl groups excluding tert-OH is 1. The molecule has 0 unspecified atom stereocenters. The lowest BCUT2D eigenvalue weighted by Crippen LogP contribution is -2.16. The summed E-state index contributed by atoms with van der Waals surface area (Å²) < 4.78 is 11.3. The Morgan fingerprint density at radius 2 is 1.00 bits per heavy atom. The summed E-state index contributed by atoms with van der Waals surface area (Å²) in [6, 6.07) is 22.2. The van der Waals surface area contributed by atoms with Crippen molar-refractivity contribution in [2.75, 3.05) is 19.7 Å². The van der Waals surface area contributed by atoms with E-state index in [4.69, 9.17) is 26.0 Å². The normalized spacial score (nSPS) is 10.2. The number of pyridine rings is 2. The number of ether oxygens (including phenoxy) is 2. The van der Waals surface area contributed by atoms with Crippen LogP contribution in [0, 0.1) is 11.8 Å². The third-order valence-electron chi connectivity index (χ3n) is 6.79. The largest absolute Gasteiger partial charge is 0.439 e. The molecule has 0 radical (unpaired) electrons. The van der Waals surface area contributed by atoms with E-state index < -0.39 is 11.8 Å². The van der Waals surface area contributed by atoms with Crippen LogP contribution in [0.15, 0.2) is 85.2 Å². The lowest BCUT2D eigenvalue weighted by molar-refractivity contribution is 0.0991. The van der Waals surface area contributed by atoms with Crippen LogP contribution in [0.4, 0.5) is 0 Å². The second-order valence-electron chi connectivity index (χ2n) is 12.0. The molecule has 0 saturated carbocycles. The van der Waals surface area contributed by atoms with E-state index in [9.17, 15) is 9.59 Å². The molecular formula is C38H53ClN6O5. The smallest absolute Gasteiger partial charge is 0.250 e. The van der Waals surface area contributed by atoms with Gasteiger partial charge in [0.25, 0.3) is 0 Å². The first-order valence-corrected chi connectivity index (χ1v) is 16.6. The quantitative estimate of drug-likeness (QED) is 0.0800. The molecule has 2 heterocycles. The summed E-state index contributed by atoms with van der Waals surface area (Å²) in [4.78, 5) is 30.1. The first kappa shape index (κ1) is 43.5. The van der Waals surface area contributed by atoms with Gasteiger partial charge in [0.15, 0.2) is 0 Å². The number of rotatable bonds is 16. The van der Waals surface area contributed by atoms with Gasteiger partial charge in [-0.25, -0.2) is 9.97 Å². The summed E-state index contributed by atoms with van der Waals surface area (Å²) in [7, 11) is 0. The van der Waals surface area contributed by atoms with Gasteiger partial charge >= 0.3 is 0 Å². The highest BCUT2D eigenvalue weighted by Crippen LogP contribution is 2.21. The molecule has 4 rings (SSSR count). The number of halogens is 1. The van der Waals surface area contributed by atoms with E-state index in [-0.39, 0.29) is 19.0 Å². The number of amides is 2. The molecule has 272 valence electrons. The van der Waals surface area contributed by atoms with Gasteiger partial charge in [-0.05, 0) is 92.2 Å². The average molecular weight is 709 g/mol. The van der Waals surface area contributed by atoms with E-state index in [0.717, 1.165) is 26.2 Å². The molecule has 0 fully saturated rings. The van der Waals surface area contributed by atoms with E-state index >= 15 is 0 Å². The highest BCUT2D eigenvalue weighted by molar-refractivity contribution is 5.92. The minimum atomic E-state index is -0.502. The number of nitrogens with two attached hydrogens (primary N) is 2. The lowest BCUT2D eigenvalue weighted by atomic mass is 10.1. The molecule has 0 saturated heterocycles. The SMILES string of the molecule is CC(C)CCNCc1ccc(Oc2ccc(C(N)=O)cn2)cc1.CC(C)CCNCc1ccc(Oc2ccc(C(N)=O)cn2)cc1.CCO.Cl. The number of hydrogen-bond donors (Lipinski definition) is 5. The highest BCUT2D eigenvalue weighted by Gasteiger charge is 2.05. The molecule has 0 aliphatic rings. The van der Waals surface area contributed by atoms with Crippen LogP contribution in [-0.2, 0) is 13.1 Å². The van der Waals surface area contributed by atoms with Crippen molar-refractivity contribution in [2.24, 2.45) is 23.3 Å². The maximum atomic E-state index is 11.0. The Morgan fingerprint density at radius 1 is 0.660 bits per heavy atom. The van der Waals surface area contributed by atoms with Gasteiger partial charge in [-0.1, -0.05) is 52.0 Å². The van der Waals surface area contributed by atoms with Gasteiger partial charge in [0, 0.05) is 44.2 Å².